The summed E-state index contributed by atoms with van der Waals surface area (Å²) < 4.78 is 1.44. The third-order valence-electron chi connectivity index (χ3n) is 4.12. The molecule has 1 heterocycles. The Balaban J connectivity index is 1.79. The standard InChI is InChI=1S/C20H25N3Se/c1-3-4-14-21-20-19(15(2)24-16-10-6-5-7-11-16)22-17-12-8-9-13-18(17)23-20/h5-13,15,19,22H,3-4,14H2,1-2H3,(H,21,23). The molecule has 0 fully saturated rings. The number of unbranched alkanes of at least 4 members (excludes halogenated alkanes) is 1. The van der Waals surface area contributed by atoms with Crippen molar-refractivity contribution in [2.75, 3.05) is 11.9 Å². The number of amidine groups is 1. The molecule has 1 aliphatic rings. The minimum atomic E-state index is 0.247. The maximum atomic E-state index is 4.91. The van der Waals surface area contributed by atoms with Crippen LogP contribution in [0.4, 0.5) is 11.4 Å². The van der Waals surface area contributed by atoms with Crippen molar-refractivity contribution in [1.29, 1.82) is 0 Å². The van der Waals surface area contributed by atoms with Crippen molar-refractivity contribution < 1.29 is 0 Å². The number of hydrogen-bond acceptors (Lipinski definition) is 3. The molecule has 3 nitrogen and oxygen atoms in total. The monoisotopic (exact) mass is 387 g/mol. The van der Waals surface area contributed by atoms with E-state index in [0.717, 1.165) is 23.8 Å². The first kappa shape index (κ1) is 17.1. The molecule has 0 amide bonds. The predicted octanol–water partition coefficient (Wildman–Crippen LogP) is 3.74. The number of para-hydroxylation sites is 2. The van der Waals surface area contributed by atoms with Gasteiger partial charge >= 0.3 is 151 Å². The molecule has 2 atom stereocenters. The van der Waals surface area contributed by atoms with Gasteiger partial charge in [0, 0.05) is 0 Å². The molecule has 2 aromatic carbocycles. The van der Waals surface area contributed by atoms with Crippen LogP contribution in [0.1, 0.15) is 26.7 Å². The number of nitrogens with zero attached hydrogens (tertiary/aromatic N) is 1. The molecule has 0 aliphatic carbocycles. The molecular weight excluding hydrogens is 361 g/mol. The van der Waals surface area contributed by atoms with E-state index in [-0.39, 0.29) is 6.04 Å². The van der Waals surface area contributed by atoms with Crippen LogP contribution in [0.25, 0.3) is 0 Å². The fourth-order valence-corrected chi connectivity index (χ4v) is 5.05. The van der Waals surface area contributed by atoms with Crippen LogP contribution in [0, 0.1) is 0 Å². The Bertz CT molecular complexity index is 684. The Kier molecular flexibility index (Phi) is 5.95. The zero-order valence-electron chi connectivity index (χ0n) is 14.3. The van der Waals surface area contributed by atoms with Crippen molar-refractivity contribution >= 4 is 36.6 Å². The van der Waals surface area contributed by atoms with Gasteiger partial charge in [0.1, 0.15) is 0 Å². The van der Waals surface area contributed by atoms with Gasteiger partial charge < -0.3 is 0 Å². The first-order valence-electron chi connectivity index (χ1n) is 8.67. The van der Waals surface area contributed by atoms with Crippen molar-refractivity contribution in [3.63, 3.8) is 0 Å². The average Bonchev–Trinajstić information content (AvgIpc) is 2.62. The Morgan fingerprint density at radius 1 is 1.12 bits per heavy atom. The van der Waals surface area contributed by atoms with Gasteiger partial charge in [0.15, 0.2) is 0 Å². The molecule has 0 saturated carbocycles. The summed E-state index contributed by atoms with van der Waals surface area (Å²) in [7, 11) is 0. The first-order chi connectivity index (χ1) is 11.8. The van der Waals surface area contributed by atoms with Crippen molar-refractivity contribution in [3.8, 4) is 0 Å². The molecular formula is C20H25N3Se. The molecule has 0 bridgehead atoms. The minimum absolute atomic E-state index is 0.247. The summed E-state index contributed by atoms with van der Waals surface area (Å²) in [6.45, 7) is 5.53. The molecule has 1 aliphatic heterocycles. The molecule has 4 heteroatoms. The van der Waals surface area contributed by atoms with E-state index in [1.165, 1.54) is 17.3 Å². The normalized spacial score (nSPS) is 17.4. The number of benzene rings is 2. The Hall–Kier alpha value is -1.77. The molecule has 126 valence electrons. The van der Waals surface area contributed by atoms with E-state index in [1.807, 2.05) is 6.07 Å². The van der Waals surface area contributed by atoms with Gasteiger partial charge in [-0.3, -0.25) is 0 Å². The van der Waals surface area contributed by atoms with Gasteiger partial charge in [0.05, 0.1) is 0 Å². The number of nitrogens with one attached hydrogen (secondary N) is 2. The fourth-order valence-electron chi connectivity index (χ4n) is 2.79. The summed E-state index contributed by atoms with van der Waals surface area (Å²) in [5.41, 5.74) is 2.17. The van der Waals surface area contributed by atoms with Gasteiger partial charge in [-0.1, -0.05) is 0 Å². The van der Waals surface area contributed by atoms with Crippen LogP contribution in [0.2, 0.25) is 4.82 Å². The second-order valence-corrected chi connectivity index (χ2v) is 9.10. The summed E-state index contributed by atoms with van der Waals surface area (Å²) >= 11 is 0.401. The van der Waals surface area contributed by atoms with Gasteiger partial charge in [0.25, 0.3) is 0 Å². The zero-order valence-corrected chi connectivity index (χ0v) is 16.0. The predicted molar refractivity (Wildman–Crippen MR) is 105 cm³/mol. The molecule has 0 radical (unpaired) electrons. The van der Waals surface area contributed by atoms with Gasteiger partial charge in [0.2, 0.25) is 0 Å². The molecule has 2 unspecified atom stereocenters. The average molecular weight is 386 g/mol. The van der Waals surface area contributed by atoms with Gasteiger partial charge in [-0.15, -0.1) is 0 Å². The van der Waals surface area contributed by atoms with Crippen LogP contribution in [0.5, 0.6) is 0 Å². The molecule has 24 heavy (non-hydrogen) atoms. The third-order valence-corrected chi connectivity index (χ3v) is 6.61. The fraction of sp³-hybridized carbons (Fsp3) is 0.350. The Morgan fingerprint density at radius 2 is 1.88 bits per heavy atom. The molecule has 0 spiro atoms. The van der Waals surface area contributed by atoms with Crippen LogP contribution in [-0.2, 0) is 0 Å². The summed E-state index contributed by atoms with van der Waals surface area (Å²) in [4.78, 5) is 5.43. The molecule has 2 N–H and O–H groups in total. The number of hydrogen-bond donors (Lipinski definition) is 2. The summed E-state index contributed by atoms with van der Waals surface area (Å²) in [5.74, 6) is 1.09. The van der Waals surface area contributed by atoms with Crippen molar-refractivity contribution in [1.82, 2.24) is 5.32 Å². The van der Waals surface area contributed by atoms with E-state index in [4.69, 9.17) is 4.99 Å². The van der Waals surface area contributed by atoms with Crippen LogP contribution >= 0.6 is 0 Å². The first-order valence-corrected chi connectivity index (χ1v) is 10.5. The van der Waals surface area contributed by atoms with Crippen LogP contribution in [0.3, 0.4) is 0 Å². The quantitative estimate of drug-likeness (QED) is 0.586. The Labute approximate surface area is 151 Å². The Morgan fingerprint density at radius 3 is 2.67 bits per heavy atom. The van der Waals surface area contributed by atoms with E-state index >= 15 is 0 Å². The maximum absolute atomic E-state index is 4.91. The van der Waals surface area contributed by atoms with E-state index in [1.54, 1.807) is 0 Å². The molecule has 0 saturated heterocycles. The van der Waals surface area contributed by atoms with E-state index in [2.05, 4.69) is 73.0 Å². The van der Waals surface area contributed by atoms with Gasteiger partial charge in [-0.2, -0.15) is 0 Å². The van der Waals surface area contributed by atoms with Crippen molar-refractivity contribution in [3.05, 3.63) is 54.6 Å². The number of anilines is 1. The third kappa shape index (κ3) is 4.19. The second kappa shape index (κ2) is 8.36. The number of fused-ring (bicyclic) bond motifs is 1. The zero-order chi connectivity index (χ0) is 16.8. The summed E-state index contributed by atoms with van der Waals surface area (Å²) in [5, 5.41) is 7.29. The van der Waals surface area contributed by atoms with Crippen LogP contribution in [0.15, 0.2) is 59.6 Å². The topological polar surface area (TPSA) is 36.4 Å². The summed E-state index contributed by atoms with van der Waals surface area (Å²) in [6, 6.07) is 19.4. The van der Waals surface area contributed by atoms with Gasteiger partial charge in [-0.25, -0.2) is 0 Å². The van der Waals surface area contributed by atoms with E-state index < -0.39 is 0 Å². The number of rotatable bonds is 6. The van der Waals surface area contributed by atoms with E-state index in [9.17, 15) is 0 Å². The second-order valence-electron chi connectivity index (χ2n) is 6.05. The van der Waals surface area contributed by atoms with Crippen LogP contribution < -0.4 is 15.1 Å². The van der Waals surface area contributed by atoms with Crippen molar-refractivity contribution in [2.45, 2.75) is 37.5 Å². The van der Waals surface area contributed by atoms with Crippen LogP contribution in [-0.4, -0.2) is 33.4 Å². The molecule has 0 aromatic heterocycles. The SMILES string of the molecule is CCCCNC1=Nc2ccccc2NC1C(C)[Se]c1ccccc1. The van der Waals surface area contributed by atoms with Crippen molar-refractivity contribution in [2.24, 2.45) is 4.99 Å². The molecule has 2 aromatic rings. The van der Waals surface area contributed by atoms with Gasteiger partial charge in [-0.05, 0) is 0 Å². The van der Waals surface area contributed by atoms with E-state index in [0.29, 0.717) is 19.8 Å². The molecule has 3 rings (SSSR count). The number of aliphatic imine (C=N–C) groups is 1. The summed E-state index contributed by atoms with van der Waals surface area (Å²) in [6.07, 6.45) is 2.37.